The molecule has 0 saturated heterocycles. The second kappa shape index (κ2) is 8.73. The van der Waals surface area contributed by atoms with Crippen LogP contribution in [0.25, 0.3) is 0 Å². The third-order valence-electron chi connectivity index (χ3n) is 4.44. The molecule has 0 aromatic rings. The Hall–Kier alpha value is -0.810. The highest BCUT2D eigenvalue weighted by molar-refractivity contribution is 5.67. The number of ether oxygens (including phenoxy) is 1. The first-order valence-electron chi connectivity index (χ1n) is 8.56. The Kier molecular flexibility index (Phi) is 7.63. The molecule has 1 aliphatic rings. The summed E-state index contributed by atoms with van der Waals surface area (Å²) < 4.78 is 5.30. The quantitative estimate of drug-likeness (QED) is 0.705. The molecular formula is C17H34N2O3. The van der Waals surface area contributed by atoms with Crippen molar-refractivity contribution in [2.75, 3.05) is 13.2 Å². The van der Waals surface area contributed by atoms with Crippen LogP contribution in [-0.2, 0) is 4.74 Å². The Morgan fingerprint density at radius 3 is 2.50 bits per heavy atom. The van der Waals surface area contributed by atoms with Gasteiger partial charge in [0.15, 0.2) is 0 Å². The molecule has 3 N–H and O–H groups in total. The average molecular weight is 314 g/mol. The molecule has 1 amide bonds. The molecule has 4 atom stereocenters. The number of aliphatic hydroxyl groups excluding tert-OH is 1. The first-order valence-corrected chi connectivity index (χ1v) is 8.56. The number of carbonyl (C=O) groups excluding carboxylic acids is 1. The summed E-state index contributed by atoms with van der Waals surface area (Å²) in [4.78, 5) is 11.8. The van der Waals surface area contributed by atoms with E-state index in [1.165, 1.54) is 12.8 Å². The fourth-order valence-corrected chi connectivity index (χ4v) is 2.86. The number of amides is 1. The summed E-state index contributed by atoms with van der Waals surface area (Å²) in [7, 11) is 0. The van der Waals surface area contributed by atoms with E-state index < -0.39 is 5.60 Å². The lowest BCUT2D eigenvalue weighted by molar-refractivity contribution is 0.0509. The Morgan fingerprint density at radius 2 is 1.91 bits per heavy atom. The molecule has 0 bridgehead atoms. The van der Waals surface area contributed by atoms with Crippen LogP contribution >= 0.6 is 0 Å². The lowest BCUT2D eigenvalue weighted by Gasteiger charge is -2.36. The molecule has 130 valence electrons. The largest absolute Gasteiger partial charge is 0.444 e. The summed E-state index contributed by atoms with van der Waals surface area (Å²) in [6, 6.07) is 0.671. The van der Waals surface area contributed by atoms with E-state index in [9.17, 15) is 9.90 Å². The van der Waals surface area contributed by atoms with Gasteiger partial charge in [-0.1, -0.05) is 19.8 Å². The molecule has 0 aromatic heterocycles. The van der Waals surface area contributed by atoms with Crippen LogP contribution in [-0.4, -0.2) is 42.0 Å². The predicted molar refractivity (Wildman–Crippen MR) is 88.8 cm³/mol. The number of carbonyl (C=O) groups is 1. The lowest BCUT2D eigenvalue weighted by atomic mass is 9.83. The number of alkyl carbamates (subject to hydrolysis) is 1. The van der Waals surface area contributed by atoms with Crippen LogP contribution in [0.1, 0.15) is 60.3 Å². The maximum Gasteiger partial charge on any atom is 0.407 e. The fourth-order valence-electron chi connectivity index (χ4n) is 2.86. The van der Waals surface area contributed by atoms with E-state index in [2.05, 4.69) is 24.5 Å². The highest BCUT2D eigenvalue weighted by Gasteiger charge is 2.28. The van der Waals surface area contributed by atoms with Crippen molar-refractivity contribution in [1.29, 1.82) is 0 Å². The van der Waals surface area contributed by atoms with Crippen molar-refractivity contribution in [3.63, 3.8) is 0 Å². The van der Waals surface area contributed by atoms with Crippen LogP contribution in [0.5, 0.6) is 0 Å². The molecule has 1 rings (SSSR count). The van der Waals surface area contributed by atoms with Gasteiger partial charge in [0.05, 0.1) is 0 Å². The molecule has 5 nitrogen and oxygen atoms in total. The van der Waals surface area contributed by atoms with Crippen molar-refractivity contribution in [2.45, 2.75) is 78.0 Å². The van der Waals surface area contributed by atoms with Crippen molar-refractivity contribution in [1.82, 2.24) is 10.6 Å². The van der Waals surface area contributed by atoms with E-state index in [1.807, 2.05) is 20.8 Å². The maximum atomic E-state index is 11.8. The second-order valence-corrected chi connectivity index (χ2v) is 7.65. The minimum Gasteiger partial charge on any atom is -0.444 e. The maximum absolute atomic E-state index is 11.8. The number of nitrogens with one attached hydrogen (secondary N) is 2. The van der Waals surface area contributed by atoms with Crippen molar-refractivity contribution in [2.24, 2.45) is 11.8 Å². The zero-order chi connectivity index (χ0) is 16.8. The van der Waals surface area contributed by atoms with Crippen LogP contribution in [0.4, 0.5) is 4.79 Å². The van der Waals surface area contributed by atoms with Gasteiger partial charge in [-0.25, -0.2) is 4.79 Å². The molecule has 22 heavy (non-hydrogen) atoms. The van der Waals surface area contributed by atoms with Gasteiger partial charge in [0.1, 0.15) is 5.60 Å². The molecule has 0 aliphatic heterocycles. The lowest BCUT2D eigenvalue weighted by Crippen LogP contribution is -2.49. The van der Waals surface area contributed by atoms with E-state index >= 15 is 0 Å². The van der Waals surface area contributed by atoms with Gasteiger partial charge in [-0.2, -0.15) is 0 Å². The van der Waals surface area contributed by atoms with Gasteiger partial charge in [-0.05, 0) is 52.4 Å². The van der Waals surface area contributed by atoms with Crippen molar-refractivity contribution in [3.05, 3.63) is 0 Å². The molecule has 0 radical (unpaired) electrons. The third kappa shape index (κ3) is 6.97. The van der Waals surface area contributed by atoms with E-state index in [0.717, 1.165) is 12.8 Å². The Bertz CT molecular complexity index is 341. The first kappa shape index (κ1) is 19.2. The second-order valence-electron chi connectivity index (χ2n) is 7.65. The molecule has 5 heteroatoms. The number of hydrogen-bond acceptors (Lipinski definition) is 4. The summed E-state index contributed by atoms with van der Waals surface area (Å²) in [6.45, 7) is 10.6. The molecule has 0 spiro atoms. The van der Waals surface area contributed by atoms with Gasteiger partial charge in [-0.15, -0.1) is 0 Å². The monoisotopic (exact) mass is 314 g/mol. The summed E-state index contributed by atoms with van der Waals surface area (Å²) in [5, 5.41) is 15.8. The highest BCUT2D eigenvalue weighted by Crippen LogP contribution is 2.25. The molecular weight excluding hydrogens is 280 g/mol. The zero-order valence-electron chi connectivity index (χ0n) is 14.8. The smallest absolute Gasteiger partial charge is 0.407 e. The number of rotatable bonds is 6. The molecule has 1 fully saturated rings. The predicted octanol–water partition coefficient (Wildman–Crippen LogP) is 2.68. The van der Waals surface area contributed by atoms with E-state index in [-0.39, 0.29) is 24.7 Å². The summed E-state index contributed by atoms with van der Waals surface area (Å²) in [5.41, 5.74) is -0.459. The Labute approximate surface area is 135 Å². The topological polar surface area (TPSA) is 70.6 Å². The Morgan fingerprint density at radius 1 is 1.27 bits per heavy atom. The van der Waals surface area contributed by atoms with Crippen molar-refractivity contribution in [3.8, 4) is 0 Å². The van der Waals surface area contributed by atoms with Gasteiger partial charge in [0.2, 0.25) is 0 Å². The van der Waals surface area contributed by atoms with Crippen LogP contribution in [0.3, 0.4) is 0 Å². The normalized spacial score (nSPS) is 25.4. The van der Waals surface area contributed by atoms with E-state index in [1.54, 1.807) is 0 Å². The molecule has 0 heterocycles. The van der Waals surface area contributed by atoms with Gasteiger partial charge in [-0.3, -0.25) is 0 Å². The van der Waals surface area contributed by atoms with Gasteiger partial charge >= 0.3 is 6.09 Å². The summed E-state index contributed by atoms with van der Waals surface area (Å²) in [5.74, 6) is 0.663. The molecule has 1 saturated carbocycles. The zero-order valence-corrected chi connectivity index (χ0v) is 14.8. The van der Waals surface area contributed by atoms with Gasteiger partial charge in [0, 0.05) is 25.2 Å². The van der Waals surface area contributed by atoms with Gasteiger partial charge < -0.3 is 20.5 Å². The Balaban J connectivity index is 2.46. The van der Waals surface area contributed by atoms with Gasteiger partial charge in [0.25, 0.3) is 0 Å². The standard InChI is InChI=1S/C17H34N2O3/c1-12(11-20)13(2)19-15-9-7-6-8-14(15)10-18-16(21)22-17(3,4)5/h12-15,19-20H,6-11H2,1-5H3,(H,18,21). The van der Waals surface area contributed by atoms with Crippen LogP contribution in [0.15, 0.2) is 0 Å². The van der Waals surface area contributed by atoms with Crippen LogP contribution in [0, 0.1) is 11.8 Å². The van der Waals surface area contributed by atoms with E-state index in [4.69, 9.17) is 4.74 Å². The molecule has 4 unspecified atom stereocenters. The first-order chi connectivity index (χ1) is 10.2. The average Bonchev–Trinajstić information content (AvgIpc) is 2.43. The minimum absolute atomic E-state index is 0.196. The summed E-state index contributed by atoms with van der Waals surface area (Å²) >= 11 is 0. The SMILES string of the molecule is CC(CO)C(C)NC1CCCCC1CNC(=O)OC(C)(C)C. The van der Waals surface area contributed by atoms with Crippen LogP contribution < -0.4 is 10.6 Å². The highest BCUT2D eigenvalue weighted by atomic mass is 16.6. The van der Waals surface area contributed by atoms with Crippen molar-refractivity contribution < 1.29 is 14.6 Å². The van der Waals surface area contributed by atoms with Crippen LogP contribution in [0.2, 0.25) is 0 Å². The third-order valence-corrected chi connectivity index (χ3v) is 4.44. The van der Waals surface area contributed by atoms with Crippen molar-refractivity contribution >= 4 is 6.09 Å². The molecule has 1 aliphatic carbocycles. The minimum atomic E-state index is -0.459. The number of hydrogen-bond donors (Lipinski definition) is 3. The molecule has 0 aromatic carbocycles. The summed E-state index contributed by atoms with van der Waals surface area (Å²) in [6.07, 6.45) is 4.34. The number of aliphatic hydroxyl groups is 1. The fraction of sp³-hybridized carbons (Fsp3) is 0.941. The van der Waals surface area contributed by atoms with E-state index in [0.29, 0.717) is 18.5 Å².